The average molecular weight is 370 g/mol. The number of anilines is 1. The average Bonchev–Trinajstić information content (AvgIpc) is 2.93. The zero-order valence-corrected chi connectivity index (χ0v) is 16.4. The van der Waals surface area contributed by atoms with E-state index >= 15 is 0 Å². The molecule has 136 valence electrons. The first-order valence-electron chi connectivity index (χ1n) is 8.31. The van der Waals surface area contributed by atoms with Gasteiger partial charge in [0.2, 0.25) is 0 Å². The normalized spacial score (nSPS) is 11.6. The molecule has 1 heterocycles. The Kier molecular flexibility index (Phi) is 4.63. The van der Waals surface area contributed by atoms with Crippen molar-refractivity contribution in [3.8, 4) is 11.1 Å². The molecule has 3 aromatic rings. The van der Waals surface area contributed by atoms with Crippen molar-refractivity contribution in [3.63, 3.8) is 0 Å². The number of hydrogen-bond acceptors (Lipinski definition) is 4. The van der Waals surface area contributed by atoms with Crippen LogP contribution in [0.3, 0.4) is 0 Å². The van der Waals surface area contributed by atoms with Crippen LogP contribution < -0.4 is 4.31 Å². The molecule has 0 bridgehead atoms. The largest absolute Gasteiger partial charge is 0.361 e. The van der Waals surface area contributed by atoms with Crippen molar-refractivity contribution >= 4 is 15.7 Å². The molecule has 0 fully saturated rings. The summed E-state index contributed by atoms with van der Waals surface area (Å²) in [6.45, 7) is 7.41. The molecule has 0 aliphatic carbocycles. The molecule has 0 aliphatic rings. The molecule has 1 aromatic heterocycles. The standard InChI is InChI=1S/C20H22N2O3S/c1-13-7-6-8-18(11-13)22(5)26(23,24)19-12-17(10-9-14(19)2)20-15(3)21-25-16(20)4/h6-12H,1-5H3. The lowest BCUT2D eigenvalue weighted by molar-refractivity contribution is 0.393. The molecule has 0 amide bonds. The maximum atomic E-state index is 13.2. The van der Waals surface area contributed by atoms with Crippen LogP contribution in [0.25, 0.3) is 11.1 Å². The van der Waals surface area contributed by atoms with E-state index in [0.717, 1.165) is 22.4 Å². The second-order valence-electron chi connectivity index (χ2n) is 6.49. The summed E-state index contributed by atoms with van der Waals surface area (Å²) in [6.07, 6.45) is 0. The van der Waals surface area contributed by atoms with Gasteiger partial charge in [0.25, 0.3) is 10.0 Å². The van der Waals surface area contributed by atoms with Crippen molar-refractivity contribution in [2.45, 2.75) is 32.6 Å². The Balaban J connectivity index is 2.12. The third-order valence-corrected chi connectivity index (χ3v) is 6.44. The maximum absolute atomic E-state index is 13.2. The number of nitrogens with zero attached hydrogens (tertiary/aromatic N) is 2. The van der Waals surface area contributed by atoms with Gasteiger partial charge in [-0.1, -0.05) is 29.4 Å². The van der Waals surface area contributed by atoms with Gasteiger partial charge in [-0.2, -0.15) is 0 Å². The molecule has 5 nitrogen and oxygen atoms in total. The van der Waals surface area contributed by atoms with E-state index < -0.39 is 10.0 Å². The Hall–Kier alpha value is -2.60. The van der Waals surface area contributed by atoms with Gasteiger partial charge in [0, 0.05) is 12.6 Å². The van der Waals surface area contributed by atoms with Gasteiger partial charge >= 0.3 is 0 Å². The lowest BCUT2D eigenvalue weighted by Gasteiger charge is -2.21. The van der Waals surface area contributed by atoms with Gasteiger partial charge in [-0.05, 0) is 62.6 Å². The number of sulfonamides is 1. The first-order valence-corrected chi connectivity index (χ1v) is 9.75. The molecule has 6 heteroatoms. The van der Waals surface area contributed by atoms with Gasteiger partial charge in [0.15, 0.2) is 0 Å². The Morgan fingerprint density at radius 3 is 2.35 bits per heavy atom. The predicted molar refractivity (Wildman–Crippen MR) is 103 cm³/mol. The highest BCUT2D eigenvalue weighted by atomic mass is 32.2. The summed E-state index contributed by atoms with van der Waals surface area (Å²) in [6, 6.07) is 12.8. The lowest BCUT2D eigenvalue weighted by Crippen LogP contribution is -2.27. The minimum atomic E-state index is -3.70. The van der Waals surface area contributed by atoms with Crippen LogP contribution in [0.1, 0.15) is 22.6 Å². The number of hydrogen-bond donors (Lipinski definition) is 0. The third-order valence-electron chi connectivity index (χ3n) is 4.51. The molecule has 0 aliphatic heterocycles. The minimum Gasteiger partial charge on any atom is -0.361 e. The Bertz CT molecular complexity index is 1050. The van der Waals surface area contributed by atoms with Gasteiger partial charge in [0.05, 0.1) is 16.3 Å². The van der Waals surface area contributed by atoms with Crippen LogP contribution in [0.2, 0.25) is 0 Å². The molecular weight excluding hydrogens is 348 g/mol. The monoisotopic (exact) mass is 370 g/mol. The molecule has 3 rings (SSSR count). The highest BCUT2D eigenvalue weighted by molar-refractivity contribution is 7.92. The second-order valence-corrected chi connectivity index (χ2v) is 8.43. The highest BCUT2D eigenvalue weighted by Gasteiger charge is 2.25. The van der Waals surface area contributed by atoms with Crippen LogP contribution in [0.15, 0.2) is 51.9 Å². The topological polar surface area (TPSA) is 63.4 Å². The SMILES string of the molecule is Cc1cccc(N(C)S(=O)(=O)c2cc(-c3c(C)noc3C)ccc2C)c1. The second kappa shape index (κ2) is 6.61. The smallest absolute Gasteiger partial charge is 0.264 e. The molecule has 2 aromatic carbocycles. The summed E-state index contributed by atoms with van der Waals surface area (Å²) in [7, 11) is -2.12. The Morgan fingerprint density at radius 2 is 1.73 bits per heavy atom. The van der Waals surface area contributed by atoms with E-state index in [1.165, 1.54) is 4.31 Å². The number of aromatic nitrogens is 1. The summed E-state index contributed by atoms with van der Waals surface area (Å²) in [4.78, 5) is 0.277. The zero-order valence-electron chi connectivity index (χ0n) is 15.6. The molecule has 0 saturated heterocycles. The van der Waals surface area contributed by atoms with Crippen LogP contribution in [0.5, 0.6) is 0 Å². The van der Waals surface area contributed by atoms with Gasteiger partial charge < -0.3 is 4.52 Å². The Morgan fingerprint density at radius 1 is 1.00 bits per heavy atom. The van der Waals surface area contributed by atoms with Crippen molar-refractivity contribution < 1.29 is 12.9 Å². The van der Waals surface area contributed by atoms with Crippen molar-refractivity contribution in [2.24, 2.45) is 0 Å². The third kappa shape index (κ3) is 3.12. The van der Waals surface area contributed by atoms with E-state index in [1.54, 1.807) is 26.1 Å². The van der Waals surface area contributed by atoms with Crippen LogP contribution in [-0.4, -0.2) is 20.6 Å². The van der Waals surface area contributed by atoms with Crippen LogP contribution in [0, 0.1) is 27.7 Å². The molecule has 26 heavy (non-hydrogen) atoms. The Labute approximate surface area is 154 Å². The quantitative estimate of drug-likeness (QED) is 0.683. The predicted octanol–water partition coefficient (Wildman–Crippen LogP) is 4.40. The molecule has 0 spiro atoms. The van der Waals surface area contributed by atoms with Crippen molar-refractivity contribution in [3.05, 3.63) is 65.0 Å². The first kappa shape index (κ1) is 18.2. The molecular formula is C20H22N2O3S. The van der Waals surface area contributed by atoms with E-state index in [9.17, 15) is 8.42 Å². The van der Waals surface area contributed by atoms with E-state index in [2.05, 4.69) is 5.16 Å². The van der Waals surface area contributed by atoms with Gasteiger partial charge in [-0.25, -0.2) is 8.42 Å². The van der Waals surface area contributed by atoms with Crippen LogP contribution in [0.4, 0.5) is 5.69 Å². The van der Waals surface area contributed by atoms with E-state index in [-0.39, 0.29) is 4.90 Å². The van der Waals surface area contributed by atoms with Gasteiger partial charge in [-0.3, -0.25) is 4.31 Å². The summed E-state index contributed by atoms with van der Waals surface area (Å²) in [5.41, 5.74) is 4.68. The maximum Gasteiger partial charge on any atom is 0.264 e. The summed E-state index contributed by atoms with van der Waals surface area (Å²) >= 11 is 0. The molecule has 0 saturated carbocycles. The summed E-state index contributed by atoms with van der Waals surface area (Å²) in [5.74, 6) is 0.668. The number of benzene rings is 2. The molecule has 0 radical (unpaired) electrons. The van der Waals surface area contributed by atoms with Crippen molar-refractivity contribution in [1.29, 1.82) is 0 Å². The molecule has 0 atom stereocenters. The van der Waals surface area contributed by atoms with E-state index in [1.807, 2.05) is 51.1 Å². The van der Waals surface area contributed by atoms with Crippen molar-refractivity contribution in [2.75, 3.05) is 11.4 Å². The fourth-order valence-electron chi connectivity index (χ4n) is 3.04. The first-order chi connectivity index (χ1) is 12.2. The van der Waals surface area contributed by atoms with Crippen molar-refractivity contribution in [1.82, 2.24) is 5.16 Å². The fraction of sp³-hybridized carbons (Fsp3) is 0.250. The highest BCUT2D eigenvalue weighted by Crippen LogP contribution is 2.32. The summed E-state index contributed by atoms with van der Waals surface area (Å²) in [5, 5.41) is 3.96. The van der Waals surface area contributed by atoms with Gasteiger partial charge in [-0.15, -0.1) is 0 Å². The lowest BCUT2D eigenvalue weighted by atomic mass is 10.0. The van der Waals surface area contributed by atoms with E-state index in [4.69, 9.17) is 4.52 Å². The fourth-order valence-corrected chi connectivity index (χ4v) is 4.48. The summed E-state index contributed by atoms with van der Waals surface area (Å²) < 4.78 is 33.0. The zero-order chi connectivity index (χ0) is 19.1. The number of rotatable bonds is 4. The van der Waals surface area contributed by atoms with Crippen LogP contribution in [-0.2, 0) is 10.0 Å². The van der Waals surface area contributed by atoms with E-state index in [0.29, 0.717) is 17.0 Å². The van der Waals surface area contributed by atoms with Crippen LogP contribution >= 0.6 is 0 Å². The van der Waals surface area contributed by atoms with Gasteiger partial charge in [0.1, 0.15) is 5.76 Å². The number of aryl methyl sites for hydroxylation is 4. The molecule has 0 N–H and O–H groups in total. The molecule has 0 unspecified atom stereocenters. The minimum absolute atomic E-state index is 0.277.